The second kappa shape index (κ2) is 5.51. The molecule has 0 saturated carbocycles. The zero-order valence-electron chi connectivity index (χ0n) is 11.1. The van der Waals surface area contributed by atoms with Crippen LogP contribution >= 0.6 is 0 Å². The molecule has 1 aliphatic heterocycles. The third-order valence-electron chi connectivity index (χ3n) is 3.91. The number of nitriles is 1. The lowest BCUT2D eigenvalue weighted by Crippen LogP contribution is -2.33. The van der Waals surface area contributed by atoms with Gasteiger partial charge >= 0.3 is 0 Å². The predicted octanol–water partition coefficient (Wildman–Crippen LogP) is 2.29. The smallest absolute Gasteiger partial charge is 0.0991 e. The number of likely N-dealkylation sites (tertiary alicyclic amines) is 1. The van der Waals surface area contributed by atoms with Crippen LogP contribution in [0.15, 0.2) is 24.3 Å². The molecule has 0 bridgehead atoms. The first-order valence-corrected chi connectivity index (χ1v) is 6.63. The van der Waals surface area contributed by atoms with Gasteiger partial charge in [-0.05, 0) is 57.0 Å². The quantitative estimate of drug-likeness (QED) is 0.886. The van der Waals surface area contributed by atoms with Crippen LogP contribution in [0.2, 0.25) is 0 Å². The Hall–Kier alpha value is -1.37. The number of benzene rings is 1. The van der Waals surface area contributed by atoms with Gasteiger partial charge in [-0.3, -0.25) is 4.90 Å². The zero-order chi connectivity index (χ0) is 13.1. The molecule has 0 spiro atoms. The molecule has 2 atom stereocenters. The number of nitrogens with two attached hydrogens (primary N) is 1. The summed E-state index contributed by atoms with van der Waals surface area (Å²) in [7, 11) is 0. The van der Waals surface area contributed by atoms with Gasteiger partial charge in [-0.15, -0.1) is 0 Å². The van der Waals surface area contributed by atoms with Crippen LogP contribution < -0.4 is 5.73 Å². The normalized spacial score (nSPS) is 24.4. The predicted molar refractivity (Wildman–Crippen MR) is 72.9 cm³/mol. The van der Waals surface area contributed by atoms with E-state index in [0.29, 0.717) is 18.0 Å². The van der Waals surface area contributed by atoms with Gasteiger partial charge in [-0.25, -0.2) is 0 Å². The molecule has 1 heterocycles. The minimum Gasteiger partial charge on any atom is -0.330 e. The van der Waals surface area contributed by atoms with Gasteiger partial charge in [0.05, 0.1) is 11.6 Å². The fourth-order valence-electron chi connectivity index (χ4n) is 2.93. The van der Waals surface area contributed by atoms with Crippen LogP contribution in [0.4, 0.5) is 0 Å². The summed E-state index contributed by atoms with van der Waals surface area (Å²) in [4.78, 5) is 2.51. The topological polar surface area (TPSA) is 53.0 Å². The first kappa shape index (κ1) is 13.1. The summed E-state index contributed by atoms with van der Waals surface area (Å²) < 4.78 is 0. The van der Waals surface area contributed by atoms with Crippen molar-refractivity contribution in [1.29, 1.82) is 5.26 Å². The Morgan fingerprint density at radius 3 is 2.56 bits per heavy atom. The molecule has 1 saturated heterocycles. The highest BCUT2D eigenvalue weighted by Crippen LogP contribution is 2.37. The molecular weight excluding hydrogens is 222 g/mol. The Labute approximate surface area is 109 Å². The number of hydrogen-bond donors (Lipinski definition) is 1. The minimum atomic E-state index is 0.405. The van der Waals surface area contributed by atoms with Crippen LogP contribution in [0.3, 0.4) is 0 Å². The van der Waals surface area contributed by atoms with Crippen molar-refractivity contribution in [3.63, 3.8) is 0 Å². The molecule has 2 N–H and O–H groups in total. The van der Waals surface area contributed by atoms with Gasteiger partial charge < -0.3 is 5.73 Å². The monoisotopic (exact) mass is 243 g/mol. The maximum atomic E-state index is 8.85. The van der Waals surface area contributed by atoms with Crippen molar-refractivity contribution in [1.82, 2.24) is 4.90 Å². The second-order valence-corrected chi connectivity index (χ2v) is 5.29. The Morgan fingerprint density at radius 1 is 1.39 bits per heavy atom. The third-order valence-corrected chi connectivity index (χ3v) is 3.91. The largest absolute Gasteiger partial charge is 0.330 e. The molecule has 96 valence electrons. The molecule has 1 aromatic rings. The molecule has 1 fully saturated rings. The fourth-order valence-corrected chi connectivity index (χ4v) is 2.93. The number of hydrogen-bond acceptors (Lipinski definition) is 3. The molecular formula is C15H21N3. The van der Waals surface area contributed by atoms with Crippen molar-refractivity contribution in [2.75, 3.05) is 13.1 Å². The van der Waals surface area contributed by atoms with Gasteiger partial charge in [-0.2, -0.15) is 5.26 Å². The maximum absolute atomic E-state index is 8.85. The summed E-state index contributed by atoms with van der Waals surface area (Å²) in [6.07, 6.45) is 1.17. The molecule has 2 unspecified atom stereocenters. The summed E-state index contributed by atoms with van der Waals surface area (Å²) >= 11 is 0. The molecule has 18 heavy (non-hydrogen) atoms. The van der Waals surface area contributed by atoms with Crippen LogP contribution in [0.5, 0.6) is 0 Å². The highest BCUT2D eigenvalue weighted by Gasteiger charge is 2.35. The summed E-state index contributed by atoms with van der Waals surface area (Å²) in [6.45, 7) is 6.31. The average molecular weight is 243 g/mol. The van der Waals surface area contributed by atoms with E-state index in [9.17, 15) is 0 Å². The van der Waals surface area contributed by atoms with Crippen molar-refractivity contribution in [3.8, 4) is 6.07 Å². The van der Waals surface area contributed by atoms with Gasteiger partial charge in [0, 0.05) is 12.1 Å². The Bertz CT molecular complexity index is 430. The van der Waals surface area contributed by atoms with Crippen molar-refractivity contribution in [2.45, 2.75) is 32.4 Å². The zero-order valence-corrected chi connectivity index (χ0v) is 11.1. The molecule has 0 radical (unpaired) electrons. The van der Waals surface area contributed by atoms with Gasteiger partial charge in [0.25, 0.3) is 0 Å². The van der Waals surface area contributed by atoms with E-state index in [1.54, 1.807) is 0 Å². The van der Waals surface area contributed by atoms with Crippen LogP contribution in [0.25, 0.3) is 0 Å². The van der Waals surface area contributed by atoms with E-state index in [2.05, 4.69) is 36.9 Å². The summed E-state index contributed by atoms with van der Waals surface area (Å²) in [5.41, 5.74) is 7.91. The number of rotatable bonds is 3. The average Bonchev–Trinajstić information content (AvgIpc) is 2.82. The highest BCUT2D eigenvalue weighted by molar-refractivity contribution is 5.33. The van der Waals surface area contributed by atoms with Crippen LogP contribution in [-0.4, -0.2) is 24.0 Å². The fraction of sp³-hybridized carbons (Fsp3) is 0.533. The maximum Gasteiger partial charge on any atom is 0.0991 e. The van der Waals surface area contributed by atoms with E-state index in [-0.39, 0.29) is 0 Å². The van der Waals surface area contributed by atoms with Gasteiger partial charge in [-0.1, -0.05) is 12.1 Å². The number of nitrogens with zero attached hydrogens (tertiary/aromatic N) is 2. The summed E-state index contributed by atoms with van der Waals surface area (Å²) in [5, 5.41) is 8.85. The molecule has 3 nitrogen and oxygen atoms in total. The SMILES string of the molecule is CC(C)N1CCC(CN)C1c1ccc(C#N)cc1. The molecule has 3 heteroatoms. The van der Waals surface area contributed by atoms with Crippen molar-refractivity contribution in [2.24, 2.45) is 11.7 Å². The Balaban J connectivity index is 2.28. The van der Waals surface area contributed by atoms with E-state index < -0.39 is 0 Å². The van der Waals surface area contributed by atoms with E-state index in [0.717, 1.165) is 18.7 Å². The molecule has 2 rings (SSSR count). The van der Waals surface area contributed by atoms with Gasteiger partial charge in [0.15, 0.2) is 0 Å². The first-order chi connectivity index (χ1) is 8.67. The summed E-state index contributed by atoms with van der Waals surface area (Å²) in [6, 6.07) is 11.1. The molecule has 0 amide bonds. The minimum absolute atomic E-state index is 0.405. The van der Waals surface area contributed by atoms with E-state index in [1.807, 2.05) is 12.1 Å². The molecule has 1 aliphatic rings. The lowest BCUT2D eigenvalue weighted by molar-refractivity contribution is 0.184. The second-order valence-electron chi connectivity index (χ2n) is 5.29. The van der Waals surface area contributed by atoms with E-state index >= 15 is 0 Å². The van der Waals surface area contributed by atoms with E-state index in [4.69, 9.17) is 11.0 Å². The van der Waals surface area contributed by atoms with Crippen molar-refractivity contribution in [3.05, 3.63) is 35.4 Å². The molecule has 1 aromatic carbocycles. The highest BCUT2D eigenvalue weighted by atomic mass is 15.2. The van der Waals surface area contributed by atoms with Gasteiger partial charge in [0.1, 0.15) is 0 Å². The van der Waals surface area contributed by atoms with Crippen LogP contribution in [0, 0.1) is 17.2 Å². The Kier molecular flexibility index (Phi) is 4.00. The van der Waals surface area contributed by atoms with Crippen molar-refractivity contribution < 1.29 is 0 Å². The Morgan fingerprint density at radius 2 is 2.06 bits per heavy atom. The molecule has 0 aliphatic carbocycles. The van der Waals surface area contributed by atoms with Gasteiger partial charge in [0.2, 0.25) is 0 Å². The van der Waals surface area contributed by atoms with E-state index in [1.165, 1.54) is 12.0 Å². The first-order valence-electron chi connectivity index (χ1n) is 6.63. The third kappa shape index (κ3) is 2.40. The van der Waals surface area contributed by atoms with Crippen LogP contribution in [0.1, 0.15) is 37.4 Å². The summed E-state index contributed by atoms with van der Waals surface area (Å²) in [5.74, 6) is 0.528. The lowest BCUT2D eigenvalue weighted by Gasteiger charge is -2.31. The van der Waals surface area contributed by atoms with Crippen LogP contribution in [-0.2, 0) is 0 Å². The lowest BCUT2D eigenvalue weighted by atomic mass is 9.93. The molecule has 0 aromatic heterocycles. The standard InChI is InChI=1S/C15H21N3/c1-11(2)18-8-7-14(10-17)15(18)13-5-3-12(9-16)4-6-13/h3-6,11,14-15H,7-8,10,17H2,1-2H3. The van der Waals surface area contributed by atoms with Crippen molar-refractivity contribution >= 4 is 0 Å².